The van der Waals surface area contributed by atoms with Gasteiger partial charge in [0.2, 0.25) is 0 Å². The van der Waals surface area contributed by atoms with Gasteiger partial charge in [-0.2, -0.15) is 9.97 Å². The Kier molecular flexibility index (Phi) is 6.83. The van der Waals surface area contributed by atoms with Crippen LogP contribution in [0.2, 0.25) is 0 Å². The number of rotatable bonds is 9. The first kappa shape index (κ1) is 21.3. The third kappa shape index (κ3) is 5.23. The lowest BCUT2D eigenvalue weighted by atomic mass is 9.95. The van der Waals surface area contributed by atoms with Crippen LogP contribution >= 0.6 is 0 Å². The van der Waals surface area contributed by atoms with E-state index in [9.17, 15) is 4.79 Å². The summed E-state index contributed by atoms with van der Waals surface area (Å²) in [5, 5.41) is 3.66. The summed E-state index contributed by atoms with van der Waals surface area (Å²) < 4.78 is 12.0. The maximum Gasteiger partial charge on any atom is 0.328 e. The third-order valence-corrected chi connectivity index (χ3v) is 5.71. The molecule has 1 aliphatic rings. The number of nitrogens with zero attached hydrogens (tertiary/aromatic N) is 3. The Bertz CT molecular complexity index is 1050. The lowest BCUT2D eigenvalue weighted by molar-refractivity contribution is 0.141. The van der Waals surface area contributed by atoms with Crippen molar-refractivity contribution in [2.45, 2.75) is 51.2 Å². The Morgan fingerprint density at radius 2 is 1.87 bits per heavy atom. The van der Waals surface area contributed by atoms with Crippen LogP contribution in [0.25, 0.3) is 11.2 Å². The number of benzene rings is 1. The zero-order valence-corrected chi connectivity index (χ0v) is 17.9. The lowest BCUT2D eigenvalue weighted by Crippen LogP contribution is -2.30. The molecule has 4 rings (SSSR count). The molecule has 0 atom stereocenters. The van der Waals surface area contributed by atoms with Crippen LogP contribution in [-0.4, -0.2) is 45.9 Å². The van der Waals surface area contributed by atoms with Crippen molar-refractivity contribution in [2.75, 3.05) is 26.1 Å². The Balaban J connectivity index is 1.47. The van der Waals surface area contributed by atoms with Crippen molar-refractivity contribution in [3.63, 3.8) is 0 Å². The number of fused-ring (bicyclic) bond motifs is 1. The van der Waals surface area contributed by atoms with Crippen molar-refractivity contribution >= 4 is 17.0 Å². The van der Waals surface area contributed by atoms with E-state index in [1.165, 1.54) is 37.7 Å². The topological polar surface area (TPSA) is 120 Å². The van der Waals surface area contributed by atoms with E-state index in [1.54, 1.807) is 11.7 Å². The third-order valence-electron chi connectivity index (χ3n) is 5.71. The zero-order chi connectivity index (χ0) is 21.6. The van der Waals surface area contributed by atoms with Crippen molar-refractivity contribution < 1.29 is 9.47 Å². The fourth-order valence-corrected chi connectivity index (χ4v) is 3.97. The number of nitrogens with two attached hydrogens (primary N) is 1. The van der Waals surface area contributed by atoms with Crippen LogP contribution in [0.15, 0.2) is 29.1 Å². The monoisotopic (exact) mass is 426 g/mol. The molecule has 9 heteroatoms. The van der Waals surface area contributed by atoms with Crippen LogP contribution in [0.4, 0.5) is 5.82 Å². The summed E-state index contributed by atoms with van der Waals surface area (Å²) in [6, 6.07) is 9.05. The molecule has 4 N–H and O–H groups in total. The molecule has 0 unspecified atom stereocenters. The Morgan fingerprint density at radius 1 is 1.13 bits per heavy atom. The quantitative estimate of drug-likeness (QED) is 0.449. The molecule has 0 spiro atoms. The van der Waals surface area contributed by atoms with Crippen LogP contribution in [-0.2, 0) is 17.8 Å². The summed E-state index contributed by atoms with van der Waals surface area (Å²) in [6.07, 6.45) is 6.54. The van der Waals surface area contributed by atoms with E-state index in [1.807, 2.05) is 12.1 Å². The lowest BCUT2D eigenvalue weighted by Gasteiger charge is -2.22. The van der Waals surface area contributed by atoms with Crippen LogP contribution in [0.3, 0.4) is 0 Å². The first-order valence-corrected chi connectivity index (χ1v) is 10.8. The Morgan fingerprint density at radius 3 is 2.61 bits per heavy atom. The van der Waals surface area contributed by atoms with E-state index < -0.39 is 0 Å². The molecule has 0 amide bonds. The highest BCUT2D eigenvalue weighted by molar-refractivity contribution is 5.81. The molecule has 1 aliphatic carbocycles. The van der Waals surface area contributed by atoms with E-state index >= 15 is 0 Å². The van der Waals surface area contributed by atoms with E-state index in [-0.39, 0.29) is 17.5 Å². The molecule has 3 aromatic rings. The molecule has 2 heterocycles. The van der Waals surface area contributed by atoms with Gasteiger partial charge in [0.25, 0.3) is 0 Å². The van der Waals surface area contributed by atoms with E-state index in [2.05, 4.69) is 32.4 Å². The second-order valence-corrected chi connectivity index (χ2v) is 7.98. The van der Waals surface area contributed by atoms with Gasteiger partial charge >= 0.3 is 11.7 Å². The van der Waals surface area contributed by atoms with Crippen LogP contribution < -0.4 is 21.5 Å². The van der Waals surface area contributed by atoms with Crippen molar-refractivity contribution in [3.8, 4) is 6.01 Å². The average molecular weight is 427 g/mol. The summed E-state index contributed by atoms with van der Waals surface area (Å²) in [4.78, 5) is 23.7. The number of anilines is 1. The van der Waals surface area contributed by atoms with Crippen LogP contribution in [0.1, 0.15) is 43.2 Å². The van der Waals surface area contributed by atoms with Gasteiger partial charge in [0.15, 0.2) is 11.5 Å². The standard InChI is InChI=1S/C22H30N6O3/c1-30-11-12-31-21-26-19(23)18-20(27-21)28(22(29)25-18)14-16-9-7-15(8-10-16)13-24-17-5-3-2-4-6-17/h7-10,17,24H,2-6,11-14H2,1H3,(H,25,29)(H2,23,26,27). The van der Waals surface area contributed by atoms with Gasteiger partial charge in [-0.1, -0.05) is 43.5 Å². The second kappa shape index (κ2) is 9.93. The molecule has 0 radical (unpaired) electrons. The predicted octanol–water partition coefficient (Wildman–Crippen LogP) is 2.20. The van der Waals surface area contributed by atoms with Crippen LogP contribution in [0, 0.1) is 0 Å². The summed E-state index contributed by atoms with van der Waals surface area (Å²) >= 11 is 0. The molecular weight excluding hydrogens is 396 g/mol. The SMILES string of the molecule is COCCOc1nc(N)c2[nH]c(=O)n(Cc3ccc(CNC4CCCCC4)cc3)c2n1. The molecule has 0 saturated heterocycles. The first-order valence-electron chi connectivity index (χ1n) is 10.8. The minimum absolute atomic E-state index is 0.124. The van der Waals surface area contributed by atoms with Crippen LogP contribution in [0.5, 0.6) is 6.01 Å². The first-order chi connectivity index (χ1) is 15.1. The van der Waals surface area contributed by atoms with Crippen molar-refractivity contribution in [3.05, 3.63) is 45.9 Å². The molecule has 166 valence electrons. The second-order valence-electron chi connectivity index (χ2n) is 7.98. The number of imidazole rings is 1. The average Bonchev–Trinajstić information content (AvgIpc) is 3.10. The highest BCUT2D eigenvalue weighted by Gasteiger charge is 2.15. The van der Waals surface area contributed by atoms with Gasteiger partial charge in [0.1, 0.15) is 12.1 Å². The number of nitrogens with one attached hydrogen (secondary N) is 2. The number of methoxy groups -OCH3 is 1. The molecule has 0 bridgehead atoms. The van der Waals surface area contributed by atoms with Gasteiger partial charge in [0, 0.05) is 19.7 Å². The van der Waals surface area contributed by atoms with Gasteiger partial charge in [-0.05, 0) is 24.0 Å². The number of hydrogen-bond donors (Lipinski definition) is 3. The number of aromatic amines is 1. The zero-order valence-electron chi connectivity index (χ0n) is 17.9. The Labute approximate surface area is 181 Å². The fraction of sp³-hybridized carbons (Fsp3) is 0.500. The number of aromatic nitrogens is 4. The normalized spacial score (nSPS) is 14.9. The minimum Gasteiger partial charge on any atom is -0.461 e. The van der Waals surface area contributed by atoms with Gasteiger partial charge in [-0.25, -0.2) is 4.79 Å². The maximum atomic E-state index is 12.5. The summed E-state index contributed by atoms with van der Waals surface area (Å²) in [5.41, 5.74) is 8.79. The predicted molar refractivity (Wildman–Crippen MR) is 119 cm³/mol. The molecule has 2 aromatic heterocycles. The van der Waals surface area contributed by atoms with E-state index in [0.29, 0.717) is 37.0 Å². The number of nitrogen functional groups attached to an aromatic ring is 1. The molecule has 1 saturated carbocycles. The Hall–Kier alpha value is -2.91. The largest absolute Gasteiger partial charge is 0.461 e. The van der Waals surface area contributed by atoms with Gasteiger partial charge in [0.05, 0.1) is 13.2 Å². The highest BCUT2D eigenvalue weighted by atomic mass is 16.5. The number of ether oxygens (including phenoxy) is 2. The molecule has 1 fully saturated rings. The van der Waals surface area contributed by atoms with Gasteiger partial charge in [-0.15, -0.1) is 0 Å². The number of H-pyrrole nitrogens is 1. The number of hydrogen-bond acceptors (Lipinski definition) is 7. The summed E-state index contributed by atoms with van der Waals surface area (Å²) in [7, 11) is 1.59. The minimum atomic E-state index is -0.284. The summed E-state index contributed by atoms with van der Waals surface area (Å²) in [6.45, 7) is 1.95. The fourth-order valence-electron chi connectivity index (χ4n) is 3.97. The highest BCUT2D eigenvalue weighted by Crippen LogP contribution is 2.20. The van der Waals surface area contributed by atoms with Crippen molar-refractivity contribution in [2.24, 2.45) is 0 Å². The smallest absolute Gasteiger partial charge is 0.328 e. The maximum absolute atomic E-state index is 12.5. The molecular formula is C22H30N6O3. The van der Waals surface area contributed by atoms with Gasteiger partial charge < -0.3 is 25.5 Å². The van der Waals surface area contributed by atoms with Gasteiger partial charge in [-0.3, -0.25) is 4.57 Å². The van der Waals surface area contributed by atoms with Crippen molar-refractivity contribution in [1.29, 1.82) is 0 Å². The van der Waals surface area contributed by atoms with E-state index in [0.717, 1.165) is 12.1 Å². The summed E-state index contributed by atoms with van der Waals surface area (Å²) in [5.74, 6) is 0.178. The molecule has 9 nitrogen and oxygen atoms in total. The molecule has 31 heavy (non-hydrogen) atoms. The van der Waals surface area contributed by atoms with E-state index in [4.69, 9.17) is 15.2 Å². The van der Waals surface area contributed by atoms with Crippen molar-refractivity contribution in [1.82, 2.24) is 24.8 Å². The molecule has 1 aromatic carbocycles. The molecule has 0 aliphatic heterocycles.